The Hall–Kier alpha value is -0.290. The minimum atomic E-state index is -4.49. The average Bonchev–Trinajstić information content (AvgIpc) is 2.57. The molecule has 12 heavy (non-hydrogen) atoms. The van der Waals surface area contributed by atoms with Crippen molar-refractivity contribution < 1.29 is 17.9 Å². The molecule has 1 rings (SSSR count). The third-order valence-electron chi connectivity index (χ3n) is 1.88. The molecule has 2 nitrogen and oxygen atoms in total. The summed E-state index contributed by atoms with van der Waals surface area (Å²) < 4.78 is 37.8. The van der Waals surface area contributed by atoms with Crippen molar-refractivity contribution in [1.29, 1.82) is 0 Å². The lowest BCUT2D eigenvalue weighted by Gasteiger charge is -2.07. The number of nitrogens with one attached hydrogen (secondary N) is 1. The minimum Gasteiger partial charge on any atom is -0.311 e. The summed E-state index contributed by atoms with van der Waals surface area (Å²) in [6.07, 6.45) is -3.43. The molecular formula is C7H12F3NO. The Kier molecular flexibility index (Phi) is 2.95. The summed E-state index contributed by atoms with van der Waals surface area (Å²) >= 11 is 0. The summed E-state index contributed by atoms with van der Waals surface area (Å²) in [6.45, 7) is 2.03. The molecule has 0 radical (unpaired) electrons. The maximum Gasteiger partial charge on any atom is 0.522 e. The van der Waals surface area contributed by atoms with Crippen molar-refractivity contribution in [2.45, 2.75) is 25.7 Å². The number of halogens is 3. The molecule has 0 amide bonds. The van der Waals surface area contributed by atoms with Gasteiger partial charge in [-0.2, -0.15) is 0 Å². The maximum atomic E-state index is 11.4. The first kappa shape index (κ1) is 9.80. The molecule has 1 N–H and O–H groups in total. The van der Waals surface area contributed by atoms with E-state index in [4.69, 9.17) is 0 Å². The highest BCUT2D eigenvalue weighted by Crippen LogP contribution is 2.28. The van der Waals surface area contributed by atoms with Crippen LogP contribution in [0.1, 0.15) is 13.3 Å². The molecule has 0 aromatic rings. The quantitative estimate of drug-likeness (QED) is 0.667. The van der Waals surface area contributed by atoms with Crippen LogP contribution in [0.4, 0.5) is 13.2 Å². The van der Waals surface area contributed by atoms with E-state index in [1.165, 1.54) is 0 Å². The van der Waals surface area contributed by atoms with Gasteiger partial charge in [-0.15, -0.1) is 13.2 Å². The molecule has 1 aliphatic carbocycles. The monoisotopic (exact) mass is 183 g/mol. The van der Waals surface area contributed by atoms with E-state index < -0.39 is 6.36 Å². The van der Waals surface area contributed by atoms with Gasteiger partial charge in [0.15, 0.2) is 0 Å². The largest absolute Gasteiger partial charge is 0.522 e. The normalized spacial score (nSPS) is 29.0. The van der Waals surface area contributed by atoms with Crippen LogP contribution in [-0.2, 0) is 4.74 Å². The molecule has 0 aromatic carbocycles. The summed E-state index contributed by atoms with van der Waals surface area (Å²) in [4.78, 5) is 0. The Morgan fingerprint density at radius 2 is 2.08 bits per heavy atom. The zero-order valence-corrected chi connectivity index (χ0v) is 6.82. The van der Waals surface area contributed by atoms with Crippen LogP contribution in [0.2, 0.25) is 0 Å². The zero-order valence-electron chi connectivity index (χ0n) is 6.82. The smallest absolute Gasteiger partial charge is 0.311 e. The number of rotatable bonds is 4. The first-order chi connectivity index (χ1) is 5.49. The second kappa shape index (κ2) is 3.62. The fourth-order valence-electron chi connectivity index (χ4n) is 1.02. The van der Waals surface area contributed by atoms with Gasteiger partial charge in [-0.05, 0) is 12.3 Å². The van der Waals surface area contributed by atoms with Gasteiger partial charge in [0.25, 0.3) is 0 Å². The van der Waals surface area contributed by atoms with Crippen LogP contribution < -0.4 is 5.32 Å². The van der Waals surface area contributed by atoms with Crippen LogP contribution in [0, 0.1) is 5.92 Å². The number of alkyl halides is 3. The molecule has 1 saturated carbocycles. The van der Waals surface area contributed by atoms with Crippen LogP contribution in [0.15, 0.2) is 0 Å². The SMILES string of the molecule is CC1CC1NCCOC(F)(F)F. The Bertz CT molecular complexity index is 148. The van der Waals surface area contributed by atoms with E-state index in [0.717, 1.165) is 6.42 Å². The van der Waals surface area contributed by atoms with Gasteiger partial charge in [-0.3, -0.25) is 4.74 Å². The Labute approximate surface area is 69.1 Å². The fourth-order valence-corrected chi connectivity index (χ4v) is 1.02. The van der Waals surface area contributed by atoms with E-state index >= 15 is 0 Å². The highest BCUT2D eigenvalue weighted by molar-refractivity contribution is 4.89. The van der Waals surface area contributed by atoms with Crippen molar-refractivity contribution in [1.82, 2.24) is 5.32 Å². The highest BCUT2D eigenvalue weighted by atomic mass is 19.4. The molecule has 0 bridgehead atoms. The fraction of sp³-hybridized carbons (Fsp3) is 1.00. The molecular weight excluding hydrogens is 171 g/mol. The molecule has 0 aliphatic heterocycles. The van der Waals surface area contributed by atoms with Crippen molar-refractivity contribution in [2.24, 2.45) is 5.92 Å². The van der Waals surface area contributed by atoms with Crippen molar-refractivity contribution in [2.75, 3.05) is 13.2 Å². The summed E-state index contributed by atoms with van der Waals surface area (Å²) in [5.41, 5.74) is 0. The van der Waals surface area contributed by atoms with Crippen LogP contribution in [0.25, 0.3) is 0 Å². The van der Waals surface area contributed by atoms with Gasteiger partial charge in [0.1, 0.15) is 0 Å². The maximum absolute atomic E-state index is 11.4. The number of ether oxygens (including phenoxy) is 1. The Balaban J connectivity index is 1.90. The predicted molar refractivity (Wildman–Crippen MR) is 37.6 cm³/mol. The Morgan fingerprint density at radius 3 is 2.50 bits per heavy atom. The standard InChI is InChI=1S/C7H12F3NO/c1-5-4-6(5)11-2-3-12-7(8,9)10/h5-6,11H,2-4H2,1H3. The van der Waals surface area contributed by atoms with E-state index in [2.05, 4.69) is 17.0 Å². The molecule has 0 aromatic heterocycles. The third-order valence-corrected chi connectivity index (χ3v) is 1.88. The second-order valence-corrected chi connectivity index (χ2v) is 3.07. The van der Waals surface area contributed by atoms with Crippen LogP contribution in [0.3, 0.4) is 0 Å². The van der Waals surface area contributed by atoms with E-state index in [1.54, 1.807) is 0 Å². The molecule has 2 unspecified atom stereocenters. The van der Waals surface area contributed by atoms with E-state index in [-0.39, 0.29) is 13.2 Å². The Morgan fingerprint density at radius 1 is 1.50 bits per heavy atom. The summed E-state index contributed by atoms with van der Waals surface area (Å²) in [5, 5.41) is 2.95. The van der Waals surface area contributed by atoms with Gasteiger partial charge in [0, 0.05) is 12.6 Å². The topological polar surface area (TPSA) is 21.3 Å². The van der Waals surface area contributed by atoms with E-state index in [1.807, 2.05) is 0 Å². The van der Waals surface area contributed by atoms with Gasteiger partial charge in [0.05, 0.1) is 6.61 Å². The molecule has 1 fully saturated rings. The van der Waals surface area contributed by atoms with Gasteiger partial charge in [0.2, 0.25) is 0 Å². The summed E-state index contributed by atoms with van der Waals surface area (Å²) in [7, 11) is 0. The molecule has 0 saturated heterocycles. The second-order valence-electron chi connectivity index (χ2n) is 3.07. The lowest BCUT2D eigenvalue weighted by atomic mass is 10.5. The van der Waals surface area contributed by atoms with Crippen molar-refractivity contribution in [3.8, 4) is 0 Å². The third kappa shape index (κ3) is 3.92. The highest BCUT2D eigenvalue weighted by Gasteiger charge is 2.32. The zero-order chi connectivity index (χ0) is 9.19. The predicted octanol–water partition coefficient (Wildman–Crippen LogP) is 1.52. The molecule has 0 spiro atoms. The minimum absolute atomic E-state index is 0.272. The van der Waals surface area contributed by atoms with E-state index in [0.29, 0.717) is 12.0 Å². The molecule has 72 valence electrons. The van der Waals surface area contributed by atoms with Crippen molar-refractivity contribution >= 4 is 0 Å². The summed E-state index contributed by atoms with van der Waals surface area (Å²) in [6, 6.07) is 0.404. The first-order valence-corrected chi connectivity index (χ1v) is 3.93. The molecule has 0 heterocycles. The van der Waals surface area contributed by atoms with Crippen molar-refractivity contribution in [3.63, 3.8) is 0 Å². The van der Waals surface area contributed by atoms with Gasteiger partial charge in [-0.25, -0.2) is 0 Å². The van der Waals surface area contributed by atoms with Crippen LogP contribution in [-0.4, -0.2) is 25.6 Å². The lowest BCUT2D eigenvalue weighted by Crippen LogP contribution is -2.26. The number of hydrogen-bond acceptors (Lipinski definition) is 2. The van der Waals surface area contributed by atoms with Crippen LogP contribution in [0.5, 0.6) is 0 Å². The average molecular weight is 183 g/mol. The number of hydrogen-bond donors (Lipinski definition) is 1. The molecule has 5 heteroatoms. The van der Waals surface area contributed by atoms with Gasteiger partial charge >= 0.3 is 6.36 Å². The van der Waals surface area contributed by atoms with Crippen LogP contribution >= 0.6 is 0 Å². The van der Waals surface area contributed by atoms with Crippen molar-refractivity contribution in [3.05, 3.63) is 0 Å². The summed E-state index contributed by atoms with van der Waals surface area (Å²) in [5.74, 6) is 0.607. The van der Waals surface area contributed by atoms with Gasteiger partial charge in [-0.1, -0.05) is 6.92 Å². The van der Waals surface area contributed by atoms with Gasteiger partial charge < -0.3 is 5.32 Å². The lowest BCUT2D eigenvalue weighted by molar-refractivity contribution is -0.323. The first-order valence-electron chi connectivity index (χ1n) is 3.93. The molecule has 2 atom stereocenters. The van der Waals surface area contributed by atoms with E-state index in [9.17, 15) is 13.2 Å². The molecule has 1 aliphatic rings.